The van der Waals surface area contributed by atoms with E-state index >= 15 is 0 Å². The summed E-state index contributed by atoms with van der Waals surface area (Å²) in [5, 5.41) is 3.39. The summed E-state index contributed by atoms with van der Waals surface area (Å²) < 4.78 is 31.2. The second-order valence-corrected chi connectivity index (χ2v) is 4.36. The van der Waals surface area contributed by atoms with Gasteiger partial charge in [-0.25, -0.2) is 8.78 Å². The zero-order valence-corrected chi connectivity index (χ0v) is 9.72. The molecule has 2 nitrogen and oxygen atoms in total. The van der Waals surface area contributed by atoms with Crippen molar-refractivity contribution >= 4 is 0 Å². The zero-order chi connectivity index (χ0) is 12.1. The molecule has 0 spiro atoms. The summed E-state index contributed by atoms with van der Waals surface area (Å²) in [6, 6.07) is 3.97. The van der Waals surface area contributed by atoms with Crippen LogP contribution in [0.2, 0.25) is 0 Å². The largest absolute Gasteiger partial charge is 0.490 e. The molecule has 0 bridgehead atoms. The molecule has 0 radical (unpaired) electrons. The van der Waals surface area contributed by atoms with E-state index in [1.54, 1.807) is 0 Å². The summed E-state index contributed by atoms with van der Waals surface area (Å²) >= 11 is 0. The monoisotopic (exact) mass is 241 g/mol. The van der Waals surface area contributed by atoms with Crippen molar-refractivity contribution in [3.63, 3.8) is 0 Å². The van der Waals surface area contributed by atoms with Crippen LogP contribution in [0.4, 0.5) is 8.78 Å². The Balaban J connectivity index is 1.61. The lowest BCUT2D eigenvalue weighted by atomic mass is 10.3. The van der Waals surface area contributed by atoms with E-state index in [0.717, 1.165) is 43.6 Å². The molecule has 4 heteroatoms. The number of halogens is 2. The third kappa shape index (κ3) is 4.30. The van der Waals surface area contributed by atoms with Crippen LogP contribution in [-0.2, 0) is 0 Å². The van der Waals surface area contributed by atoms with E-state index in [0.29, 0.717) is 6.61 Å². The fourth-order valence-electron chi connectivity index (χ4n) is 1.59. The van der Waals surface area contributed by atoms with E-state index in [2.05, 4.69) is 5.32 Å². The van der Waals surface area contributed by atoms with Crippen LogP contribution in [0.15, 0.2) is 18.2 Å². The van der Waals surface area contributed by atoms with Gasteiger partial charge in [-0.15, -0.1) is 0 Å². The molecular weight excluding hydrogens is 224 g/mol. The number of unbranched alkanes of at least 4 members (excludes halogenated alkanes) is 1. The van der Waals surface area contributed by atoms with E-state index in [1.807, 2.05) is 0 Å². The van der Waals surface area contributed by atoms with Crippen LogP contribution in [0.25, 0.3) is 0 Å². The van der Waals surface area contributed by atoms with Gasteiger partial charge in [0.1, 0.15) is 5.82 Å². The van der Waals surface area contributed by atoms with Crippen LogP contribution in [0.3, 0.4) is 0 Å². The minimum absolute atomic E-state index is 0.000141. The molecule has 0 heterocycles. The van der Waals surface area contributed by atoms with Crippen molar-refractivity contribution in [1.29, 1.82) is 0 Å². The van der Waals surface area contributed by atoms with Gasteiger partial charge in [0.25, 0.3) is 0 Å². The number of hydrogen-bond acceptors (Lipinski definition) is 2. The van der Waals surface area contributed by atoms with Crippen LogP contribution in [-0.4, -0.2) is 19.2 Å². The topological polar surface area (TPSA) is 21.3 Å². The van der Waals surface area contributed by atoms with Crippen molar-refractivity contribution < 1.29 is 13.5 Å². The third-order valence-corrected chi connectivity index (χ3v) is 2.73. The molecule has 1 fully saturated rings. The predicted octanol–water partition coefficient (Wildman–Crippen LogP) is 2.88. The second kappa shape index (κ2) is 5.96. The smallest absolute Gasteiger partial charge is 0.165 e. The highest BCUT2D eigenvalue weighted by Gasteiger charge is 2.19. The second-order valence-electron chi connectivity index (χ2n) is 4.36. The van der Waals surface area contributed by atoms with Gasteiger partial charge in [-0.2, -0.15) is 0 Å². The van der Waals surface area contributed by atoms with Crippen molar-refractivity contribution in [2.45, 2.75) is 31.7 Å². The standard InChI is InChI=1S/C13H17F2NO/c14-10-3-6-12(15)13(9-10)17-8-2-1-7-16-11-4-5-11/h3,6,9,11,16H,1-2,4-5,7-8H2. The maximum atomic E-state index is 13.2. The summed E-state index contributed by atoms with van der Waals surface area (Å²) in [5.41, 5.74) is 0. The molecule has 0 aliphatic heterocycles. The first-order valence-corrected chi connectivity index (χ1v) is 6.07. The average Bonchev–Trinajstić information content (AvgIpc) is 3.11. The molecular formula is C13H17F2NO. The molecule has 0 saturated heterocycles. The molecule has 0 amide bonds. The van der Waals surface area contributed by atoms with Crippen molar-refractivity contribution in [2.24, 2.45) is 0 Å². The lowest BCUT2D eigenvalue weighted by Gasteiger charge is -2.07. The summed E-state index contributed by atoms with van der Waals surface area (Å²) in [5.74, 6) is -0.987. The Morgan fingerprint density at radius 3 is 2.82 bits per heavy atom. The van der Waals surface area contributed by atoms with Gasteiger partial charge in [-0.05, 0) is 44.4 Å². The third-order valence-electron chi connectivity index (χ3n) is 2.73. The van der Waals surface area contributed by atoms with Crippen molar-refractivity contribution in [3.8, 4) is 5.75 Å². The zero-order valence-electron chi connectivity index (χ0n) is 9.72. The van der Waals surface area contributed by atoms with Gasteiger partial charge >= 0.3 is 0 Å². The van der Waals surface area contributed by atoms with Crippen LogP contribution in [0, 0.1) is 11.6 Å². The first-order chi connectivity index (χ1) is 8.25. The Morgan fingerprint density at radius 1 is 1.24 bits per heavy atom. The van der Waals surface area contributed by atoms with Gasteiger partial charge in [0.05, 0.1) is 6.61 Å². The van der Waals surface area contributed by atoms with Crippen LogP contribution >= 0.6 is 0 Å². The van der Waals surface area contributed by atoms with Crippen LogP contribution in [0.5, 0.6) is 5.75 Å². The van der Waals surface area contributed by atoms with Gasteiger partial charge in [0, 0.05) is 12.1 Å². The minimum atomic E-state index is -0.512. The van der Waals surface area contributed by atoms with Gasteiger partial charge in [0.2, 0.25) is 0 Å². The molecule has 1 saturated carbocycles. The fourth-order valence-corrected chi connectivity index (χ4v) is 1.59. The van der Waals surface area contributed by atoms with Crippen molar-refractivity contribution in [3.05, 3.63) is 29.8 Å². The van der Waals surface area contributed by atoms with Gasteiger partial charge in [-0.1, -0.05) is 0 Å². The molecule has 94 valence electrons. The van der Waals surface area contributed by atoms with Gasteiger partial charge < -0.3 is 10.1 Å². The maximum Gasteiger partial charge on any atom is 0.165 e. The molecule has 0 atom stereocenters. The number of rotatable bonds is 7. The summed E-state index contributed by atoms with van der Waals surface area (Å²) in [6.45, 7) is 1.40. The highest BCUT2D eigenvalue weighted by atomic mass is 19.1. The Hall–Kier alpha value is -1.16. The fraction of sp³-hybridized carbons (Fsp3) is 0.538. The normalized spacial score (nSPS) is 14.9. The average molecular weight is 241 g/mol. The summed E-state index contributed by atoms with van der Waals surface area (Å²) in [4.78, 5) is 0. The Morgan fingerprint density at radius 2 is 2.06 bits per heavy atom. The van der Waals surface area contributed by atoms with E-state index in [9.17, 15) is 8.78 Å². The number of ether oxygens (including phenoxy) is 1. The molecule has 1 aromatic carbocycles. The van der Waals surface area contributed by atoms with E-state index in [1.165, 1.54) is 12.8 Å². The number of benzene rings is 1. The van der Waals surface area contributed by atoms with E-state index in [-0.39, 0.29) is 5.75 Å². The Kier molecular flexibility index (Phi) is 4.31. The first-order valence-electron chi connectivity index (χ1n) is 6.07. The Labute approximate surface area is 100.0 Å². The van der Waals surface area contributed by atoms with Crippen molar-refractivity contribution in [2.75, 3.05) is 13.2 Å². The van der Waals surface area contributed by atoms with Crippen molar-refractivity contribution in [1.82, 2.24) is 5.32 Å². The number of nitrogens with one attached hydrogen (secondary N) is 1. The van der Waals surface area contributed by atoms with E-state index in [4.69, 9.17) is 4.74 Å². The maximum absolute atomic E-state index is 13.2. The van der Waals surface area contributed by atoms with Gasteiger partial charge in [-0.3, -0.25) is 0 Å². The summed E-state index contributed by atoms with van der Waals surface area (Å²) in [6.07, 6.45) is 4.40. The lowest BCUT2D eigenvalue weighted by molar-refractivity contribution is 0.289. The molecule has 2 rings (SSSR count). The molecule has 1 aliphatic rings. The van der Waals surface area contributed by atoms with Crippen LogP contribution in [0.1, 0.15) is 25.7 Å². The first kappa shape index (κ1) is 12.3. The highest BCUT2D eigenvalue weighted by Crippen LogP contribution is 2.19. The predicted molar refractivity (Wildman–Crippen MR) is 62.1 cm³/mol. The molecule has 1 N–H and O–H groups in total. The molecule has 17 heavy (non-hydrogen) atoms. The quantitative estimate of drug-likeness (QED) is 0.741. The highest BCUT2D eigenvalue weighted by molar-refractivity contribution is 5.24. The number of hydrogen-bond donors (Lipinski definition) is 1. The van der Waals surface area contributed by atoms with Gasteiger partial charge in [0.15, 0.2) is 11.6 Å². The SMILES string of the molecule is Fc1ccc(F)c(OCCCCNC2CC2)c1. The Bertz CT molecular complexity index is 366. The minimum Gasteiger partial charge on any atom is -0.490 e. The lowest BCUT2D eigenvalue weighted by Crippen LogP contribution is -2.18. The van der Waals surface area contributed by atoms with Crippen LogP contribution < -0.4 is 10.1 Å². The molecule has 0 unspecified atom stereocenters. The molecule has 1 aromatic rings. The summed E-state index contributed by atoms with van der Waals surface area (Å²) in [7, 11) is 0. The van der Waals surface area contributed by atoms with E-state index < -0.39 is 11.6 Å². The molecule has 1 aliphatic carbocycles. The molecule has 0 aromatic heterocycles.